The normalized spacial score (nSPS) is 20.3. The van der Waals surface area contributed by atoms with Crippen LogP contribution >= 0.6 is 0 Å². The van der Waals surface area contributed by atoms with Crippen LogP contribution in [0.5, 0.6) is 5.75 Å². The second kappa shape index (κ2) is 4.78. The molecule has 20 heavy (non-hydrogen) atoms. The standard InChI is InChI=1S/C16H25BO3/c1-10-9-13(12(3)14(18-8)11(10)2)17-19-15(4,5)16(6,7)20-17/h9H,1-8H3. The van der Waals surface area contributed by atoms with Gasteiger partial charge in [-0.05, 0) is 70.6 Å². The molecule has 0 atom stereocenters. The van der Waals surface area contributed by atoms with E-state index in [1.54, 1.807) is 7.11 Å². The van der Waals surface area contributed by atoms with Gasteiger partial charge in [0.1, 0.15) is 5.75 Å². The second-order valence-electron chi connectivity index (χ2n) is 6.65. The fraction of sp³-hybridized carbons (Fsp3) is 0.625. The summed E-state index contributed by atoms with van der Waals surface area (Å²) in [6.07, 6.45) is 0. The topological polar surface area (TPSA) is 27.7 Å². The number of ether oxygens (including phenoxy) is 1. The summed E-state index contributed by atoms with van der Waals surface area (Å²) in [5.41, 5.74) is 3.87. The van der Waals surface area contributed by atoms with Crippen molar-refractivity contribution in [2.75, 3.05) is 7.11 Å². The van der Waals surface area contributed by atoms with E-state index in [0.29, 0.717) is 0 Å². The molecule has 0 radical (unpaired) electrons. The third kappa shape index (κ3) is 2.25. The monoisotopic (exact) mass is 276 g/mol. The first-order chi connectivity index (χ1) is 9.10. The van der Waals surface area contributed by atoms with E-state index in [0.717, 1.165) is 16.8 Å². The van der Waals surface area contributed by atoms with E-state index in [-0.39, 0.29) is 18.3 Å². The average molecular weight is 276 g/mol. The van der Waals surface area contributed by atoms with Crippen molar-refractivity contribution in [2.45, 2.75) is 59.7 Å². The predicted molar refractivity (Wildman–Crippen MR) is 82.9 cm³/mol. The second-order valence-corrected chi connectivity index (χ2v) is 6.65. The molecule has 0 saturated carbocycles. The van der Waals surface area contributed by atoms with E-state index < -0.39 is 0 Å². The molecule has 0 aliphatic carbocycles. The fourth-order valence-corrected chi connectivity index (χ4v) is 2.56. The van der Waals surface area contributed by atoms with E-state index in [4.69, 9.17) is 14.0 Å². The summed E-state index contributed by atoms with van der Waals surface area (Å²) in [5, 5.41) is 0. The molecule has 0 bridgehead atoms. The molecule has 0 amide bonds. The molecule has 1 heterocycles. The van der Waals surface area contributed by atoms with Crippen LogP contribution in [0.15, 0.2) is 6.07 Å². The summed E-state index contributed by atoms with van der Waals surface area (Å²) >= 11 is 0. The first kappa shape index (κ1) is 15.4. The van der Waals surface area contributed by atoms with E-state index in [9.17, 15) is 0 Å². The predicted octanol–water partition coefficient (Wildman–Crippen LogP) is 2.92. The molecule has 0 unspecified atom stereocenters. The van der Waals surface area contributed by atoms with Crippen molar-refractivity contribution in [1.82, 2.24) is 0 Å². The van der Waals surface area contributed by atoms with Crippen LogP contribution in [0, 0.1) is 20.8 Å². The molecule has 1 aliphatic rings. The van der Waals surface area contributed by atoms with E-state index >= 15 is 0 Å². The number of hydrogen-bond acceptors (Lipinski definition) is 3. The number of aryl methyl sites for hydroxylation is 1. The zero-order chi connectivity index (χ0) is 15.3. The lowest BCUT2D eigenvalue weighted by Crippen LogP contribution is -2.41. The van der Waals surface area contributed by atoms with E-state index in [1.807, 2.05) is 0 Å². The van der Waals surface area contributed by atoms with Crippen LogP contribution in [0.2, 0.25) is 0 Å². The van der Waals surface area contributed by atoms with Gasteiger partial charge in [0, 0.05) is 0 Å². The van der Waals surface area contributed by atoms with Crippen LogP contribution in [0.4, 0.5) is 0 Å². The summed E-state index contributed by atoms with van der Waals surface area (Å²) in [5.74, 6) is 0.926. The van der Waals surface area contributed by atoms with Gasteiger partial charge in [-0.15, -0.1) is 0 Å². The Kier molecular flexibility index (Phi) is 3.68. The number of rotatable bonds is 2. The molecule has 0 N–H and O–H groups in total. The van der Waals surface area contributed by atoms with Gasteiger partial charge in [0.15, 0.2) is 0 Å². The lowest BCUT2D eigenvalue weighted by atomic mass is 9.74. The van der Waals surface area contributed by atoms with Crippen LogP contribution < -0.4 is 10.2 Å². The van der Waals surface area contributed by atoms with E-state index in [2.05, 4.69) is 54.5 Å². The maximum atomic E-state index is 6.15. The quantitative estimate of drug-likeness (QED) is 0.777. The maximum absolute atomic E-state index is 6.15. The van der Waals surface area contributed by atoms with Crippen molar-refractivity contribution in [2.24, 2.45) is 0 Å². The number of benzene rings is 1. The van der Waals surface area contributed by atoms with Crippen molar-refractivity contribution < 1.29 is 14.0 Å². The minimum atomic E-state index is -0.340. The van der Waals surface area contributed by atoms with Crippen molar-refractivity contribution in [3.63, 3.8) is 0 Å². The molecule has 110 valence electrons. The molecule has 1 aliphatic heterocycles. The van der Waals surface area contributed by atoms with Gasteiger partial charge in [-0.3, -0.25) is 0 Å². The van der Waals surface area contributed by atoms with Gasteiger partial charge in [0.25, 0.3) is 0 Å². The summed E-state index contributed by atoms with van der Waals surface area (Å²) < 4.78 is 17.8. The molecule has 1 aromatic rings. The van der Waals surface area contributed by atoms with Gasteiger partial charge >= 0.3 is 7.12 Å². The van der Waals surface area contributed by atoms with Crippen molar-refractivity contribution in [3.05, 3.63) is 22.8 Å². The minimum absolute atomic E-state index is 0.323. The third-order valence-corrected chi connectivity index (χ3v) is 4.79. The Morgan fingerprint density at radius 1 is 0.950 bits per heavy atom. The number of hydrogen-bond donors (Lipinski definition) is 0. The van der Waals surface area contributed by atoms with Gasteiger partial charge in [-0.1, -0.05) is 6.07 Å². The number of methoxy groups -OCH3 is 1. The molecular formula is C16H25BO3. The van der Waals surface area contributed by atoms with Crippen LogP contribution in [-0.4, -0.2) is 25.4 Å². The highest BCUT2D eigenvalue weighted by atomic mass is 16.7. The van der Waals surface area contributed by atoms with Gasteiger partial charge < -0.3 is 14.0 Å². The molecular weight excluding hydrogens is 251 g/mol. The minimum Gasteiger partial charge on any atom is -0.496 e. The maximum Gasteiger partial charge on any atom is 0.495 e. The van der Waals surface area contributed by atoms with E-state index in [1.165, 1.54) is 11.1 Å². The largest absolute Gasteiger partial charge is 0.496 e. The third-order valence-electron chi connectivity index (χ3n) is 4.79. The Morgan fingerprint density at radius 2 is 1.45 bits per heavy atom. The van der Waals surface area contributed by atoms with Gasteiger partial charge in [-0.2, -0.15) is 0 Å². The highest BCUT2D eigenvalue weighted by molar-refractivity contribution is 6.62. The first-order valence-corrected chi connectivity index (χ1v) is 7.11. The Labute approximate surface area is 122 Å². The molecule has 0 spiro atoms. The molecule has 2 rings (SSSR count). The Morgan fingerprint density at radius 3 is 1.90 bits per heavy atom. The molecule has 1 fully saturated rings. The van der Waals surface area contributed by atoms with Crippen LogP contribution in [0.3, 0.4) is 0 Å². The Hall–Kier alpha value is -0.995. The molecule has 4 heteroatoms. The van der Waals surface area contributed by atoms with Crippen molar-refractivity contribution in [1.29, 1.82) is 0 Å². The molecule has 0 aromatic heterocycles. The van der Waals surface area contributed by atoms with Crippen molar-refractivity contribution in [3.8, 4) is 5.75 Å². The molecule has 1 aromatic carbocycles. The first-order valence-electron chi connectivity index (χ1n) is 7.11. The summed E-state index contributed by atoms with van der Waals surface area (Å²) in [4.78, 5) is 0. The molecule has 1 saturated heterocycles. The lowest BCUT2D eigenvalue weighted by molar-refractivity contribution is 0.00578. The molecule has 3 nitrogen and oxygen atoms in total. The van der Waals surface area contributed by atoms with Gasteiger partial charge in [0.05, 0.1) is 18.3 Å². The summed E-state index contributed by atoms with van der Waals surface area (Å²) in [6.45, 7) is 14.5. The highest BCUT2D eigenvalue weighted by Crippen LogP contribution is 2.37. The zero-order valence-electron chi connectivity index (χ0n) is 13.9. The van der Waals surface area contributed by atoms with Crippen LogP contribution in [0.25, 0.3) is 0 Å². The highest BCUT2D eigenvalue weighted by Gasteiger charge is 2.52. The SMILES string of the molecule is COc1c(C)c(C)cc(B2OC(C)(C)C(C)(C)O2)c1C. The smallest absolute Gasteiger partial charge is 0.495 e. The lowest BCUT2D eigenvalue weighted by Gasteiger charge is -2.32. The summed E-state index contributed by atoms with van der Waals surface area (Å²) in [7, 11) is 1.37. The van der Waals surface area contributed by atoms with Crippen LogP contribution in [0.1, 0.15) is 44.4 Å². The van der Waals surface area contributed by atoms with Gasteiger partial charge in [0.2, 0.25) is 0 Å². The summed E-state index contributed by atoms with van der Waals surface area (Å²) in [6, 6.07) is 2.15. The Bertz CT molecular complexity index is 519. The van der Waals surface area contributed by atoms with Crippen LogP contribution in [-0.2, 0) is 9.31 Å². The fourth-order valence-electron chi connectivity index (χ4n) is 2.56. The van der Waals surface area contributed by atoms with Crippen molar-refractivity contribution >= 4 is 12.6 Å². The average Bonchev–Trinajstić information content (AvgIpc) is 2.54. The Balaban J connectivity index is 2.48. The zero-order valence-corrected chi connectivity index (χ0v) is 13.9. The van der Waals surface area contributed by atoms with Gasteiger partial charge in [-0.25, -0.2) is 0 Å².